The van der Waals surface area contributed by atoms with Crippen LogP contribution in [0, 0.1) is 0 Å². The van der Waals surface area contributed by atoms with Gasteiger partial charge in [-0.05, 0) is 68.4 Å². The Morgan fingerprint density at radius 3 is 2.89 bits per heavy atom. The lowest BCUT2D eigenvalue weighted by atomic mass is 10.0. The Morgan fingerprint density at radius 1 is 1.25 bits per heavy atom. The van der Waals surface area contributed by atoms with Crippen molar-refractivity contribution < 1.29 is 9.21 Å². The molecule has 2 aliphatic carbocycles. The molecule has 3 aromatic rings. The van der Waals surface area contributed by atoms with E-state index in [1.54, 1.807) is 6.26 Å². The number of aryl methyl sites for hydroxylation is 2. The number of benzene rings is 1. The summed E-state index contributed by atoms with van der Waals surface area (Å²) in [5.74, 6) is 2.52. The van der Waals surface area contributed by atoms with Gasteiger partial charge >= 0.3 is 0 Å². The van der Waals surface area contributed by atoms with Crippen molar-refractivity contribution >= 4 is 17.5 Å². The molecule has 1 atom stereocenters. The van der Waals surface area contributed by atoms with Gasteiger partial charge in [0.15, 0.2) is 10.9 Å². The van der Waals surface area contributed by atoms with Gasteiger partial charge in [0.25, 0.3) is 0 Å². The van der Waals surface area contributed by atoms with Gasteiger partial charge in [0.1, 0.15) is 11.6 Å². The Kier molecular flexibility index (Phi) is 4.59. The number of carbonyl (C=O) groups excluding carboxylic acids is 1. The van der Waals surface area contributed by atoms with E-state index in [-0.39, 0.29) is 11.0 Å². The Labute approximate surface area is 168 Å². The van der Waals surface area contributed by atoms with Gasteiger partial charge in [-0.1, -0.05) is 23.9 Å². The first-order valence-corrected chi connectivity index (χ1v) is 10.8. The average Bonchev–Trinajstić information content (AvgIpc) is 3.10. The lowest BCUT2D eigenvalue weighted by Crippen LogP contribution is -2.15. The van der Waals surface area contributed by atoms with Gasteiger partial charge in [-0.25, -0.2) is 0 Å². The maximum Gasteiger partial charge on any atom is 0.192 e. The Morgan fingerprint density at radius 2 is 2.11 bits per heavy atom. The quantitative estimate of drug-likeness (QED) is 0.432. The molecule has 28 heavy (non-hydrogen) atoms. The van der Waals surface area contributed by atoms with Crippen molar-refractivity contribution in [2.45, 2.75) is 61.9 Å². The zero-order valence-electron chi connectivity index (χ0n) is 15.9. The molecule has 144 valence electrons. The van der Waals surface area contributed by atoms with Crippen LogP contribution in [0.4, 0.5) is 0 Å². The molecule has 5 nitrogen and oxygen atoms in total. The van der Waals surface area contributed by atoms with E-state index in [0.29, 0.717) is 12.5 Å². The SMILES string of the molecule is CC(Sc1nnc(C2CC2)n1Cc1ccco1)C(=O)c1ccc2c(c1)CCC2. The molecule has 6 heteroatoms. The molecule has 0 aliphatic heterocycles. The summed E-state index contributed by atoms with van der Waals surface area (Å²) in [6.07, 6.45) is 7.41. The molecule has 2 aliphatic rings. The van der Waals surface area contributed by atoms with Crippen molar-refractivity contribution in [2.24, 2.45) is 0 Å². The second-order valence-corrected chi connectivity index (χ2v) is 9.05. The predicted molar refractivity (Wildman–Crippen MR) is 108 cm³/mol. The van der Waals surface area contributed by atoms with Crippen molar-refractivity contribution in [3.05, 3.63) is 64.9 Å². The number of carbonyl (C=O) groups is 1. The Hall–Kier alpha value is -2.34. The second kappa shape index (κ2) is 7.24. The smallest absolute Gasteiger partial charge is 0.192 e. The van der Waals surface area contributed by atoms with Crippen molar-refractivity contribution in [1.82, 2.24) is 14.8 Å². The second-order valence-electron chi connectivity index (χ2n) is 7.74. The van der Waals surface area contributed by atoms with Gasteiger partial charge < -0.3 is 4.42 Å². The maximum atomic E-state index is 13.0. The summed E-state index contributed by atoms with van der Waals surface area (Å²) >= 11 is 1.49. The fourth-order valence-electron chi connectivity index (χ4n) is 3.91. The van der Waals surface area contributed by atoms with E-state index in [1.165, 1.54) is 29.3 Å². The van der Waals surface area contributed by atoms with Gasteiger partial charge in [-0.3, -0.25) is 9.36 Å². The summed E-state index contributed by atoms with van der Waals surface area (Å²) in [6, 6.07) is 10.0. The van der Waals surface area contributed by atoms with Crippen LogP contribution in [0.5, 0.6) is 0 Å². The molecular weight excluding hydrogens is 370 g/mol. The molecule has 0 spiro atoms. The molecule has 0 amide bonds. The molecule has 0 N–H and O–H groups in total. The van der Waals surface area contributed by atoms with Crippen LogP contribution < -0.4 is 0 Å². The first-order chi connectivity index (χ1) is 13.7. The fourth-order valence-corrected chi connectivity index (χ4v) is 4.84. The zero-order chi connectivity index (χ0) is 19.1. The van der Waals surface area contributed by atoms with Gasteiger partial charge in [0.05, 0.1) is 18.1 Å². The lowest BCUT2D eigenvalue weighted by Gasteiger charge is -2.13. The van der Waals surface area contributed by atoms with Gasteiger partial charge in [-0.15, -0.1) is 10.2 Å². The lowest BCUT2D eigenvalue weighted by molar-refractivity contribution is 0.0993. The molecular formula is C22H23N3O2S. The monoisotopic (exact) mass is 393 g/mol. The van der Waals surface area contributed by atoms with E-state index in [2.05, 4.69) is 26.9 Å². The summed E-state index contributed by atoms with van der Waals surface area (Å²) in [7, 11) is 0. The highest BCUT2D eigenvalue weighted by Gasteiger charge is 2.31. The standard InChI is InChI=1S/C22H23N3O2S/c1-14(20(26)18-10-7-15-4-2-5-17(15)12-18)28-22-24-23-21(16-8-9-16)25(22)13-19-6-3-11-27-19/h3,6-7,10-12,14,16H,2,4-5,8-9,13H2,1H3. The van der Waals surface area contributed by atoms with E-state index in [4.69, 9.17) is 4.42 Å². The third-order valence-corrected chi connectivity index (χ3v) is 6.70. The minimum atomic E-state index is -0.217. The summed E-state index contributed by atoms with van der Waals surface area (Å²) in [4.78, 5) is 13.0. The number of Topliss-reactive ketones (excluding diaryl/α,β-unsaturated/α-hetero) is 1. The summed E-state index contributed by atoms with van der Waals surface area (Å²) in [5, 5.41) is 9.42. The molecule has 0 saturated heterocycles. The van der Waals surface area contributed by atoms with Crippen LogP contribution in [-0.2, 0) is 19.4 Å². The number of fused-ring (bicyclic) bond motifs is 1. The molecule has 0 radical (unpaired) electrons. The minimum Gasteiger partial charge on any atom is -0.467 e. The predicted octanol–water partition coefficient (Wildman–Crippen LogP) is 4.65. The summed E-state index contributed by atoms with van der Waals surface area (Å²) < 4.78 is 7.65. The van der Waals surface area contributed by atoms with E-state index < -0.39 is 0 Å². The molecule has 5 rings (SSSR count). The number of furan rings is 1. The van der Waals surface area contributed by atoms with Crippen LogP contribution in [0.15, 0.2) is 46.2 Å². The van der Waals surface area contributed by atoms with Crippen LogP contribution in [0.2, 0.25) is 0 Å². The maximum absolute atomic E-state index is 13.0. The van der Waals surface area contributed by atoms with Crippen molar-refractivity contribution in [3.8, 4) is 0 Å². The van der Waals surface area contributed by atoms with E-state index in [1.807, 2.05) is 25.1 Å². The third kappa shape index (κ3) is 3.41. The fraction of sp³-hybridized carbons (Fsp3) is 0.409. The molecule has 1 fully saturated rings. The molecule has 1 unspecified atom stereocenters. The number of rotatable bonds is 7. The number of hydrogen-bond acceptors (Lipinski definition) is 5. The molecule has 0 bridgehead atoms. The van der Waals surface area contributed by atoms with E-state index >= 15 is 0 Å². The highest BCUT2D eigenvalue weighted by molar-refractivity contribution is 8.00. The van der Waals surface area contributed by atoms with Gasteiger partial charge in [-0.2, -0.15) is 0 Å². The van der Waals surface area contributed by atoms with Crippen LogP contribution in [0.1, 0.15) is 65.2 Å². The number of hydrogen-bond donors (Lipinski definition) is 0. The molecule has 1 aromatic carbocycles. The molecule has 2 heterocycles. The summed E-state index contributed by atoms with van der Waals surface area (Å²) in [5.41, 5.74) is 3.53. The first-order valence-electron chi connectivity index (χ1n) is 9.97. The van der Waals surface area contributed by atoms with Gasteiger partial charge in [0.2, 0.25) is 0 Å². The number of aromatic nitrogens is 3. The third-order valence-electron chi connectivity index (χ3n) is 5.62. The largest absolute Gasteiger partial charge is 0.467 e. The molecule has 1 saturated carbocycles. The highest BCUT2D eigenvalue weighted by Crippen LogP contribution is 2.40. The normalized spacial score (nSPS) is 16.9. The van der Waals surface area contributed by atoms with Crippen LogP contribution in [0.25, 0.3) is 0 Å². The highest BCUT2D eigenvalue weighted by atomic mass is 32.2. The van der Waals surface area contributed by atoms with Gasteiger partial charge in [0, 0.05) is 11.5 Å². The van der Waals surface area contributed by atoms with E-state index in [0.717, 1.165) is 48.0 Å². The Bertz CT molecular complexity index is 1000. The minimum absolute atomic E-state index is 0.153. The van der Waals surface area contributed by atoms with E-state index in [9.17, 15) is 4.79 Å². The average molecular weight is 394 g/mol. The topological polar surface area (TPSA) is 60.9 Å². The number of nitrogens with zero attached hydrogens (tertiary/aromatic N) is 3. The Balaban J connectivity index is 1.37. The van der Waals surface area contributed by atoms with Crippen molar-refractivity contribution in [1.29, 1.82) is 0 Å². The first kappa shape index (κ1) is 17.7. The van der Waals surface area contributed by atoms with Crippen molar-refractivity contribution in [2.75, 3.05) is 0 Å². The number of thioether (sulfide) groups is 1. The summed E-state index contributed by atoms with van der Waals surface area (Å²) in [6.45, 7) is 2.57. The number of ketones is 1. The van der Waals surface area contributed by atoms with Crippen molar-refractivity contribution in [3.63, 3.8) is 0 Å². The van der Waals surface area contributed by atoms with Crippen LogP contribution >= 0.6 is 11.8 Å². The molecule has 2 aromatic heterocycles. The van der Waals surface area contributed by atoms with Crippen LogP contribution in [0.3, 0.4) is 0 Å². The zero-order valence-corrected chi connectivity index (χ0v) is 16.7. The van der Waals surface area contributed by atoms with Crippen LogP contribution in [-0.4, -0.2) is 25.8 Å².